The largest absolute Gasteiger partial charge is 0.469 e. The third-order valence-electron chi connectivity index (χ3n) is 2.25. The number of methoxy groups -OCH3 is 1. The summed E-state index contributed by atoms with van der Waals surface area (Å²) >= 11 is 0. The lowest BCUT2D eigenvalue weighted by molar-refractivity contribution is -0.143. The standard InChI is InChI=1S/C10H19NO3/c1-5-10(2,3)7-11-8(12)6-9(13)14-4/h5-7H2,1-4H3,(H,11,12). The molecule has 0 rings (SSSR count). The maximum absolute atomic E-state index is 11.2. The van der Waals surface area contributed by atoms with Gasteiger partial charge in [0.05, 0.1) is 7.11 Å². The average Bonchev–Trinajstić information content (AvgIpc) is 2.15. The van der Waals surface area contributed by atoms with Gasteiger partial charge in [-0.25, -0.2) is 0 Å². The molecule has 0 spiro atoms. The van der Waals surface area contributed by atoms with Gasteiger partial charge in [0.2, 0.25) is 5.91 Å². The molecule has 0 aromatic carbocycles. The van der Waals surface area contributed by atoms with Crippen molar-refractivity contribution in [1.29, 1.82) is 0 Å². The topological polar surface area (TPSA) is 55.4 Å². The molecule has 0 aromatic heterocycles. The summed E-state index contributed by atoms with van der Waals surface area (Å²) in [6.07, 6.45) is 0.780. The normalized spacial score (nSPS) is 10.9. The van der Waals surface area contributed by atoms with Crippen molar-refractivity contribution in [3.63, 3.8) is 0 Å². The second-order valence-electron chi connectivity index (χ2n) is 4.05. The van der Waals surface area contributed by atoms with Crippen LogP contribution in [-0.2, 0) is 14.3 Å². The molecule has 0 heterocycles. The molecule has 0 fully saturated rings. The van der Waals surface area contributed by atoms with Crippen LogP contribution in [0.2, 0.25) is 0 Å². The summed E-state index contributed by atoms with van der Waals surface area (Å²) in [7, 11) is 1.27. The Bertz CT molecular complexity index is 211. The highest BCUT2D eigenvalue weighted by Gasteiger charge is 2.17. The summed E-state index contributed by atoms with van der Waals surface area (Å²) < 4.78 is 4.38. The van der Waals surface area contributed by atoms with Gasteiger partial charge in [0, 0.05) is 6.54 Å². The second kappa shape index (κ2) is 5.62. The number of rotatable bonds is 5. The van der Waals surface area contributed by atoms with E-state index in [4.69, 9.17) is 0 Å². The highest BCUT2D eigenvalue weighted by atomic mass is 16.5. The molecule has 0 saturated carbocycles. The lowest BCUT2D eigenvalue weighted by Gasteiger charge is -2.22. The minimum atomic E-state index is -0.503. The second-order valence-corrected chi connectivity index (χ2v) is 4.05. The van der Waals surface area contributed by atoms with Gasteiger partial charge in [-0.2, -0.15) is 0 Å². The Labute approximate surface area is 85.0 Å². The molecule has 0 aliphatic carbocycles. The van der Waals surface area contributed by atoms with Crippen LogP contribution in [0.3, 0.4) is 0 Å². The summed E-state index contributed by atoms with van der Waals surface area (Å²) in [5.74, 6) is -0.782. The first kappa shape index (κ1) is 12.9. The number of carbonyl (C=O) groups excluding carboxylic acids is 2. The Balaban J connectivity index is 3.80. The van der Waals surface area contributed by atoms with Crippen LogP contribution in [0.25, 0.3) is 0 Å². The lowest BCUT2D eigenvalue weighted by Crippen LogP contribution is -2.34. The first-order valence-electron chi connectivity index (χ1n) is 4.75. The van der Waals surface area contributed by atoms with E-state index in [0.29, 0.717) is 6.54 Å². The van der Waals surface area contributed by atoms with Crippen LogP contribution in [0, 0.1) is 5.41 Å². The van der Waals surface area contributed by atoms with Gasteiger partial charge in [-0.15, -0.1) is 0 Å². The predicted octanol–water partition coefficient (Wildman–Crippen LogP) is 1.10. The Morgan fingerprint density at radius 1 is 1.36 bits per heavy atom. The summed E-state index contributed by atoms with van der Waals surface area (Å²) in [6, 6.07) is 0. The van der Waals surface area contributed by atoms with Crippen LogP contribution in [0.5, 0.6) is 0 Å². The van der Waals surface area contributed by atoms with E-state index in [0.717, 1.165) is 6.42 Å². The number of hydrogen-bond acceptors (Lipinski definition) is 3. The number of nitrogens with one attached hydrogen (secondary N) is 1. The van der Waals surface area contributed by atoms with Crippen LogP contribution in [0.4, 0.5) is 0 Å². The van der Waals surface area contributed by atoms with Gasteiger partial charge in [-0.1, -0.05) is 20.8 Å². The van der Waals surface area contributed by atoms with E-state index in [1.807, 2.05) is 0 Å². The maximum atomic E-state index is 11.2. The van der Waals surface area contributed by atoms with Crippen molar-refractivity contribution in [2.75, 3.05) is 13.7 Å². The van der Waals surface area contributed by atoms with Crippen molar-refractivity contribution in [3.8, 4) is 0 Å². The molecule has 4 nitrogen and oxygen atoms in total. The first-order valence-corrected chi connectivity index (χ1v) is 4.75. The molecular weight excluding hydrogens is 182 g/mol. The summed E-state index contributed by atoms with van der Waals surface area (Å²) in [5, 5.41) is 2.70. The third-order valence-corrected chi connectivity index (χ3v) is 2.25. The molecule has 4 heteroatoms. The van der Waals surface area contributed by atoms with Crippen molar-refractivity contribution in [3.05, 3.63) is 0 Å². The third kappa shape index (κ3) is 5.56. The van der Waals surface area contributed by atoms with Gasteiger partial charge in [0.1, 0.15) is 6.42 Å². The molecule has 1 amide bonds. The van der Waals surface area contributed by atoms with E-state index in [1.54, 1.807) is 0 Å². The van der Waals surface area contributed by atoms with E-state index >= 15 is 0 Å². The minimum Gasteiger partial charge on any atom is -0.469 e. The molecule has 0 atom stereocenters. The van der Waals surface area contributed by atoms with E-state index in [1.165, 1.54) is 7.11 Å². The molecule has 0 bridgehead atoms. The number of hydrogen-bond donors (Lipinski definition) is 1. The van der Waals surface area contributed by atoms with Gasteiger partial charge in [-0.05, 0) is 11.8 Å². The molecule has 1 N–H and O–H groups in total. The molecule has 82 valence electrons. The highest BCUT2D eigenvalue weighted by Crippen LogP contribution is 2.17. The van der Waals surface area contributed by atoms with Gasteiger partial charge in [-0.3, -0.25) is 9.59 Å². The number of esters is 1. The first-order chi connectivity index (χ1) is 6.41. The lowest BCUT2D eigenvalue weighted by atomic mass is 9.90. The van der Waals surface area contributed by atoms with Crippen molar-refractivity contribution in [2.45, 2.75) is 33.6 Å². The fourth-order valence-electron chi connectivity index (χ4n) is 0.729. The van der Waals surface area contributed by atoms with Crippen LogP contribution in [0.1, 0.15) is 33.6 Å². The number of amides is 1. The van der Waals surface area contributed by atoms with Crippen LogP contribution < -0.4 is 5.32 Å². The summed E-state index contributed by atoms with van der Waals surface area (Å²) in [4.78, 5) is 21.9. The average molecular weight is 201 g/mol. The maximum Gasteiger partial charge on any atom is 0.315 e. The van der Waals surface area contributed by atoms with Crippen molar-refractivity contribution in [2.24, 2.45) is 5.41 Å². The monoisotopic (exact) mass is 201 g/mol. The highest BCUT2D eigenvalue weighted by molar-refractivity contribution is 5.94. The summed E-state index contributed by atoms with van der Waals surface area (Å²) in [6.45, 7) is 6.77. The molecule has 0 unspecified atom stereocenters. The fraction of sp³-hybridized carbons (Fsp3) is 0.800. The Kier molecular flexibility index (Phi) is 5.20. The zero-order valence-electron chi connectivity index (χ0n) is 9.35. The van der Waals surface area contributed by atoms with E-state index in [9.17, 15) is 9.59 Å². The van der Waals surface area contributed by atoms with Crippen molar-refractivity contribution >= 4 is 11.9 Å². The Morgan fingerprint density at radius 2 is 1.93 bits per heavy atom. The van der Waals surface area contributed by atoms with E-state index in [-0.39, 0.29) is 17.7 Å². The molecule has 14 heavy (non-hydrogen) atoms. The zero-order chi connectivity index (χ0) is 11.2. The molecule has 0 aliphatic heterocycles. The van der Waals surface area contributed by atoms with Gasteiger partial charge in [0.25, 0.3) is 0 Å². The Morgan fingerprint density at radius 3 is 2.36 bits per heavy atom. The van der Waals surface area contributed by atoms with Crippen molar-refractivity contribution < 1.29 is 14.3 Å². The quantitative estimate of drug-likeness (QED) is 0.535. The van der Waals surface area contributed by atoms with Crippen LogP contribution in [-0.4, -0.2) is 25.5 Å². The van der Waals surface area contributed by atoms with Gasteiger partial charge >= 0.3 is 5.97 Å². The minimum absolute atomic E-state index is 0.0752. The van der Waals surface area contributed by atoms with Crippen LogP contribution in [0.15, 0.2) is 0 Å². The van der Waals surface area contributed by atoms with Gasteiger partial charge < -0.3 is 10.1 Å². The molecule has 0 aromatic rings. The molecular formula is C10H19NO3. The molecule has 0 radical (unpaired) electrons. The van der Waals surface area contributed by atoms with Gasteiger partial charge in [0.15, 0.2) is 0 Å². The summed E-state index contributed by atoms with van der Waals surface area (Å²) in [5.41, 5.74) is 0.0752. The van der Waals surface area contributed by atoms with E-state index in [2.05, 4.69) is 30.8 Å². The smallest absolute Gasteiger partial charge is 0.315 e. The molecule has 0 aliphatic rings. The zero-order valence-corrected chi connectivity index (χ0v) is 9.35. The van der Waals surface area contributed by atoms with Crippen LogP contribution >= 0.6 is 0 Å². The SMILES string of the molecule is CCC(C)(C)CNC(=O)CC(=O)OC. The van der Waals surface area contributed by atoms with Crippen molar-refractivity contribution in [1.82, 2.24) is 5.32 Å². The Hall–Kier alpha value is -1.06. The number of carbonyl (C=O) groups is 2. The predicted molar refractivity (Wildman–Crippen MR) is 53.7 cm³/mol. The number of ether oxygens (including phenoxy) is 1. The molecule has 0 saturated heterocycles. The van der Waals surface area contributed by atoms with E-state index < -0.39 is 5.97 Å². The fourth-order valence-corrected chi connectivity index (χ4v) is 0.729.